The van der Waals surface area contributed by atoms with Crippen molar-refractivity contribution >= 4 is 11.8 Å². The summed E-state index contributed by atoms with van der Waals surface area (Å²) in [5.74, 6) is 1.04. The summed E-state index contributed by atoms with van der Waals surface area (Å²) in [4.78, 5) is 1.40. The fourth-order valence-electron chi connectivity index (χ4n) is 1.84. The molecular weight excluding hydrogens is 188 g/mol. The fraction of sp³-hybridized carbons (Fsp3) is 0.385. The zero-order valence-electron chi connectivity index (χ0n) is 8.68. The molecule has 0 saturated carbocycles. The molecule has 0 fully saturated rings. The van der Waals surface area contributed by atoms with Crippen LogP contribution in [0.15, 0.2) is 35.2 Å². The van der Waals surface area contributed by atoms with Crippen LogP contribution in [0.25, 0.3) is 0 Å². The van der Waals surface area contributed by atoms with E-state index in [1.807, 2.05) is 11.8 Å². The molecule has 0 saturated heterocycles. The maximum absolute atomic E-state index is 3.92. The van der Waals surface area contributed by atoms with Crippen molar-refractivity contribution in [2.24, 2.45) is 0 Å². The van der Waals surface area contributed by atoms with Crippen LogP contribution in [-0.2, 0) is 12.8 Å². The lowest BCUT2D eigenvalue weighted by atomic mass is 10.1. The maximum atomic E-state index is 3.92. The Balaban J connectivity index is 2.09. The Kier molecular flexibility index (Phi) is 2.97. The van der Waals surface area contributed by atoms with Gasteiger partial charge in [-0.15, -0.1) is 11.8 Å². The maximum Gasteiger partial charge on any atom is 0.0185 e. The van der Waals surface area contributed by atoms with Gasteiger partial charge in [0.2, 0.25) is 0 Å². The molecule has 14 heavy (non-hydrogen) atoms. The average Bonchev–Trinajstić information content (AvgIpc) is 2.61. The Labute approximate surface area is 90.4 Å². The molecule has 0 amide bonds. The van der Waals surface area contributed by atoms with E-state index >= 15 is 0 Å². The molecule has 0 aliphatic heterocycles. The highest BCUT2D eigenvalue weighted by molar-refractivity contribution is 7.99. The molecule has 1 heteroatoms. The van der Waals surface area contributed by atoms with Crippen molar-refractivity contribution in [3.05, 3.63) is 41.5 Å². The number of benzene rings is 1. The predicted octanol–water partition coefficient (Wildman–Crippen LogP) is 3.84. The van der Waals surface area contributed by atoms with Gasteiger partial charge in [-0.25, -0.2) is 0 Å². The minimum atomic E-state index is 1.04. The molecule has 0 unspecified atom stereocenters. The summed E-state index contributed by atoms with van der Waals surface area (Å²) < 4.78 is 0. The van der Waals surface area contributed by atoms with Gasteiger partial charge in [0.05, 0.1) is 0 Å². The molecule has 1 aromatic carbocycles. The average molecular weight is 204 g/mol. The monoisotopic (exact) mass is 204 g/mol. The molecule has 1 aliphatic carbocycles. The predicted molar refractivity (Wildman–Crippen MR) is 64.0 cm³/mol. The number of rotatable bonds is 3. The minimum Gasteiger partial charge on any atom is -0.122 e. The van der Waals surface area contributed by atoms with Crippen LogP contribution in [0.2, 0.25) is 0 Å². The van der Waals surface area contributed by atoms with E-state index < -0.39 is 0 Å². The second-order valence-corrected chi connectivity index (χ2v) is 5.08. The topological polar surface area (TPSA) is 0 Å². The summed E-state index contributed by atoms with van der Waals surface area (Å²) in [5, 5.41) is 0. The first-order valence-corrected chi connectivity index (χ1v) is 6.13. The largest absolute Gasteiger partial charge is 0.122 e. The van der Waals surface area contributed by atoms with Crippen LogP contribution in [0.3, 0.4) is 0 Å². The van der Waals surface area contributed by atoms with Gasteiger partial charge < -0.3 is 0 Å². The van der Waals surface area contributed by atoms with Crippen LogP contribution in [0.4, 0.5) is 0 Å². The van der Waals surface area contributed by atoms with Gasteiger partial charge in [-0.1, -0.05) is 18.2 Å². The first kappa shape index (κ1) is 9.85. The summed E-state index contributed by atoms with van der Waals surface area (Å²) >= 11 is 1.89. The number of thioether (sulfide) groups is 1. The number of hydrogen-bond acceptors (Lipinski definition) is 1. The minimum absolute atomic E-state index is 1.04. The number of fused-ring (bicyclic) bond motifs is 1. The van der Waals surface area contributed by atoms with Crippen molar-refractivity contribution < 1.29 is 0 Å². The van der Waals surface area contributed by atoms with Crippen molar-refractivity contribution in [1.29, 1.82) is 0 Å². The van der Waals surface area contributed by atoms with Gasteiger partial charge in [-0.05, 0) is 49.4 Å². The van der Waals surface area contributed by atoms with Gasteiger partial charge in [-0.3, -0.25) is 0 Å². The Morgan fingerprint density at radius 2 is 2.14 bits per heavy atom. The molecular formula is C13H16S. The third-order valence-electron chi connectivity index (χ3n) is 2.56. The Morgan fingerprint density at radius 1 is 1.36 bits per heavy atom. The molecule has 0 bridgehead atoms. The molecule has 2 rings (SSSR count). The van der Waals surface area contributed by atoms with E-state index in [9.17, 15) is 0 Å². The fourth-order valence-corrected chi connectivity index (χ4v) is 2.65. The van der Waals surface area contributed by atoms with Gasteiger partial charge in [0.15, 0.2) is 0 Å². The molecule has 1 aromatic rings. The quantitative estimate of drug-likeness (QED) is 0.532. The molecule has 0 N–H and O–H groups in total. The first-order valence-electron chi connectivity index (χ1n) is 5.15. The highest BCUT2D eigenvalue weighted by Crippen LogP contribution is 2.28. The van der Waals surface area contributed by atoms with Crippen LogP contribution in [0.5, 0.6) is 0 Å². The number of hydrogen-bond donors (Lipinski definition) is 0. The van der Waals surface area contributed by atoms with Gasteiger partial charge in [0, 0.05) is 10.6 Å². The summed E-state index contributed by atoms with van der Waals surface area (Å²) in [6, 6.07) is 6.90. The van der Waals surface area contributed by atoms with Crippen LogP contribution >= 0.6 is 11.8 Å². The third kappa shape index (κ3) is 2.21. The normalized spacial score (nSPS) is 14.1. The third-order valence-corrected chi connectivity index (χ3v) is 3.78. The first-order chi connectivity index (χ1) is 6.75. The van der Waals surface area contributed by atoms with Gasteiger partial charge >= 0.3 is 0 Å². The van der Waals surface area contributed by atoms with E-state index in [0.717, 1.165) is 5.75 Å². The second-order valence-electron chi connectivity index (χ2n) is 4.03. The highest BCUT2D eigenvalue weighted by Gasteiger charge is 2.10. The van der Waals surface area contributed by atoms with Crippen molar-refractivity contribution in [1.82, 2.24) is 0 Å². The SMILES string of the molecule is C=C(C)CSc1ccc2c(c1)CCC2. The lowest BCUT2D eigenvalue weighted by Crippen LogP contribution is -1.84. The van der Waals surface area contributed by atoms with Crippen LogP contribution in [0.1, 0.15) is 24.5 Å². The van der Waals surface area contributed by atoms with Crippen molar-refractivity contribution in [3.63, 3.8) is 0 Å². The standard InChI is InChI=1S/C13H16S/c1-10(2)9-14-13-7-6-11-4-3-5-12(11)8-13/h6-8H,1,3-5,9H2,2H3. The molecule has 0 radical (unpaired) electrons. The van der Waals surface area contributed by atoms with E-state index in [-0.39, 0.29) is 0 Å². The van der Waals surface area contributed by atoms with Crippen LogP contribution in [-0.4, -0.2) is 5.75 Å². The van der Waals surface area contributed by atoms with E-state index in [2.05, 4.69) is 31.7 Å². The summed E-state index contributed by atoms with van der Waals surface area (Å²) in [7, 11) is 0. The second kappa shape index (κ2) is 4.22. The molecule has 74 valence electrons. The summed E-state index contributed by atoms with van der Waals surface area (Å²) in [6.07, 6.45) is 3.89. The van der Waals surface area contributed by atoms with Crippen molar-refractivity contribution in [2.45, 2.75) is 31.1 Å². The smallest absolute Gasteiger partial charge is 0.0185 e. The van der Waals surface area contributed by atoms with E-state index in [1.54, 1.807) is 11.1 Å². The van der Waals surface area contributed by atoms with Crippen LogP contribution in [0, 0.1) is 0 Å². The van der Waals surface area contributed by atoms with E-state index in [4.69, 9.17) is 0 Å². The molecule has 0 spiro atoms. The lowest BCUT2D eigenvalue weighted by Gasteiger charge is -2.04. The summed E-state index contributed by atoms with van der Waals surface area (Å²) in [5.41, 5.74) is 4.37. The Bertz CT molecular complexity index is 352. The van der Waals surface area contributed by atoms with Gasteiger partial charge in [-0.2, -0.15) is 0 Å². The Morgan fingerprint density at radius 3 is 2.93 bits per heavy atom. The van der Waals surface area contributed by atoms with Crippen molar-refractivity contribution in [3.8, 4) is 0 Å². The molecule has 0 aromatic heterocycles. The molecule has 1 aliphatic rings. The Hall–Kier alpha value is -0.690. The zero-order valence-corrected chi connectivity index (χ0v) is 9.49. The van der Waals surface area contributed by atoms with Crippen LogP contribution < -0.4 is 0 Å². The lowest BCUT2D eigenvalue weighted by molar-refractivity contribution is 0.911. The van der Waals surface area contributed by atoms with Gasteiger partial charge in [0.1, 0.15) is 0 Å². The van der Waals surface area contributed by atoms with E-state index in [0.29, 0.717) is 0 Å². The summed E-state index contributed by atoms with van der Waals surface area (Å²) in [6.45, 7) is 6.01. The van der Waals surface area contributed by atoms with Crippen molar-refractivity contribution in [2.75, 3.05) is 5.75 Å². The highest BCUT2D eigenvalue weighted by atomic mass is 32.2. The zero-order chi connectivity index (χ0) is 9.97. The van der Waals surface area contributed by atoms with E-state index in [1.165, 1.54) is 29.7 Å². The molecule has 0 nitrogen and oxygen atoms in total. The molecule has 0 atom stereocenters. The van der Waals surface area contributed by atoms with Gasteiger partial charge in [0.25, 0.3) is 0 Å². The number of aryl methyl sites for hydroxylation is 2. The molecule has 0 heterocycles.